The number of hydrogen-bond donors (Lipinski definition) is 2. The van der Waals surface area contributed by atoms with Crippen molar-refractivity contribution in [1.82, 2.24) is 9.97 Å². The van der Waals surface area contributed by atoms with Gasteiger partial charge in [0, 0.05) is 0 Å². The van der Waals surface area contributed by atoms with Crippen LogP contribution in [0.3, 0.4) is 0 Å². The minimum absolute atomic E-state index is 0.135. The molecule has 136 valence electrons. The molecule has 3 heterocycles. The van der Waals surface area contributed by atoms with Crippen molar-refractivity contribution < 1.29 is 9.18 Å². The van der Waals surface area contributed by atoms with E-state index < -0.39 is 5.82 Å². The fraction of sp³-hybridized carbons (Fsp3) is 0.0526. The molecule has 0 saturated heterocycles. The van der Waals surface area contributed by atoms with Crippen LogP contribution in [0.4, 0.5) is 10.1 Å². The molecule has 0 aliphatic carbocycles. The van der Waals surface area contributed by atoms with Gasteiger partial charge in [0.05, 0.1) is 26.9 Å². The monoisotopic (exact) mass is 415 g/mol. The summed E-state index contributed by atoms with van der Waals surface area (Å²) >= 11 is 4.54. The summed E-state index contributed by atoms with van der Waals surface area (Å²) in [5.41, 5.74) is 2.01. The van der Waals surface area contributed by atoms with Crippen molar-refractivity contribution in [2.75, 3.05) is 11.1 Å². The quantitative estimate of drug-likeness (QED) is 0.395. The number of carbonyl (C=O) groups excluding carboxylic acids is 1. The van der Waals surface area contributed by atoms with Crippen LogP contribution in [0.15, 0.2) is 64.4 Å². The number of thioether (sulfide) groups is 1. The van der Waals surface area contributed by atoms with Crippen LogP contribution in [-0.2, 0) is 4.79 Å². The summed E-state index contributed by atoms with van der Waals surface area (Å²) in [4.78, 5) is 22.3. The first kappa shape index (κ1) is 18.0. The maximum atomic E-state index is 13.6. The predicted molar refractivity (Wildman–Crippen MR) is 111 cm³/mol. The topological polar surface area (TPSA) is 57.8 Å². The number of halogens is 1. The lowest BCUT2D eigenvalue weighted by Gasteiger charge is -2.04. The molecular formula is C19H14FN3OS3. The molecule has 4 aromatic rings. The van der Waals surface area contributed by atoms with Gasteiger partial charge in [0.1, 0.15) is 11.5 Å². The fourth-order valence-electron chi connectivity index (χ4n) is 2.49. The fourth-order valence-corrected chi connectivity index (χ4v) is 4.61. The van der Waals surface area contributed by atoms with Gasteiger partial charge in [-0.2, -0.15) is 0 Å². The summed E-state index contributed by atoms with van der Waals surface area (Å²) in [6, 6.07) is 14.2. The van der Waals surface area contributed by atoms with Gasteiger partial charge >= 0.3 is 0 Å². The number of rotatable bonds is 6. The standard InChI is InChI=1S/C19H14FN3OS3/c20-12-5-1-2-6-13(12)21-16(24)11-27-19-22-17(14-7-3-9-25-14)18(23-19)15-8-4-10-26-15/h1-10H,11H2,(H,21,24)(H,22,23). The number of anilines is 1. The maximum Gasteiger partial charge on any atom is 0.234 e. The van der Waals surface area contributed by atoms with Crippen LogP contribution >= 0.6 is 34.4 Å². The molecule has 3 aromatic heterocycles. The minimum atomic E-state index is -0.450. The van der Waals surface area contributed by atoms with E-state index in [2.05, 4.69) is 15.3 Å². The number of hydrogen-bond acceptors (Lipinski definition) is 5. The summed E-state index contributed by atoms with van der Waals surface area (Å²) in [5, 5.41) is 7.27. The number of nitrogens with zero attached hydrogens (tertiary/aromatic N) is 1. The van der Waals surface area contributed by atoms with E-state index in [1.54, 1.807) is 34.8 Å². The zero-order chi connectivity index (χ0) is 18.6. The number of para-hydroxylation sites is 1. The van der Waals surface area contributed by atoms with Crippen molar-refractivity contribution in [3.63, 3.8) is 0 Å². The van der Waals surface area contributed by atoms with E-state index in [-0.39, 0.29) is 17.3 Å². The normalized spacial score (nSPS) is 10.9. The molecule has 0 radical (unpaired) electrons. The Morgan fingerprint density at radius 1 is 1.07 bits per heavy atom. The molecule has 0 aliphatic rings. The second-order valence-corrected chi connectivity index (χ2v) is 8.40. The first-order chi connectivity index (χ1) is 13.2. The number of benzene rings is 1. The van der Waals surface area contributed by atoms with Gasteiger partial charge in [0.15, 0.2) is 5.16 Å². The van der Waals surface area contributed by atoms with Crippen LogP contribution in [0.2, 0.25) is 0 Å². The lowest BCUT2D eigenvalue weighted by molar-refractivity contribution is -0.113. The van der Waals surface area contributed by atoms with Gasteiger partial charge in [-0.1, -0.05) is 36.0 Å². The Kier molecular flexibility index (Phi) is 5.38. The molecule has 1 amide bonds. The first-order valence-electron chi connectivity index (χ1n) is 8.05. The van der Waals surface area contributed by atoms with Crippen molar-refractivity contribution in [2.24, 2.45) is 0 Å². The van der Waals surface area contributed by atoms with Crippen LogP contribution in [-0.4, -0.2) is 21.6 Å². The number of amides is 1. The van der Waals surface area contributed by atoms with Gasteiger partial charge < -0.3 is 10.3 Å². The summed E-state index contributed by atoms with van der Waals surface area (Å²) in [7, 11) is 0. The van der Waals surface area contributed by atoms with Crippen LogP contribution < -0.4 is 5.32 Å². The van der Waals surface area contributed by atoms with Gasteiger partial charge in [0.2, 0.25) is 5.91 Å². The van der Waals surface area contributed by atoms with Crippen molar-refractivity contribution in [1.29, 1.82) is 0 Å². The number of aromatic nitrogens is 2. The Morgan fingerprint density at radius 3 is 2.52 bits per heavy atom. The Morgan fingerprint density at radius 2 is 1.81 bits per heavy atom. The Labute approximate surface area is 167 Å². The zero-order valence-corrected chi connectivity index (χ0v) is 16.4. The van der Waals surface area contributed by atoms with Crippen molar-refractivity contribution in [3.05, 3.63) is 65.1 Å². The van der Waals surface area contributed by atoms with Gasteiger partial charge in [-0.05, 0) is 35.0 Å². The molecule has 0 spiro atoms. The number of nitrogens with one attached hydrogen (secondary N) is 2. The van der Waals surface area contributed by atoms with E-state index in [0.717, 1.165) is 21.1 Å². The minimum Gasteiger partial charge on any atom is -0.332 e. The molecule has 0 aliphatic heterocycles. The molecule has 27 heavy (non-hydrogen) atoms. The second kappa shape index (κ2) is 8.08. The van der Waals surface area contributed by atoms with E-state index in [9.17, 15) is 9.18 Å². The van der Waals surface area contributed by atoms with Gasteiger partial charge in [-0.25, -0.2) is 9.37 Å². The lowest BCUT2D eigenvalue weighted by atomic mass is 10.2. The van der Waals surface area contributed by atoms with Crippen molar-refractivity contribution in [2.45, 2.75) is 5.16 Å². The second-order valence-electron chi connectivity index (χ2n) is 5.54. The van der Waals surface area contributed by atoms with Gasteiger partial charge in [-0.15, -0.1) is 22.7 Å². The summed E-state index contributed by atoms with van der Waals surface area (Å²) < 4.78 is 13.6. The summed E-state index contributed by atoms with van der Waals surface area (Å²) in [6.07, 6.45) is 0. The summed E-state index contributed by atoms with van der Waals surface area (Å²) in [6.45, 7) is 0. The van der Waals surface area contributed by atoms with E-state index in [0.29, 0.717) is 5.16 Å². The Hall–Kier alpha value is -2.42. The van der Waals surface area contributed by atoms with E-state index in [1.165, 1.54) is 23.9 Å². The third-order valence-corrected chi connectivity index (χ3v) is 6.33. The highest BCUT2D eigenvalue weighted by Crippen LogP contribution is 2.36. The van der Waals surface area contributed by atoms with Crippen LogP contribution in [0.5, 0.6) is 0 Å². The maximum absolute atomic E-state index is 13.6. The van der Waals surface area contributed by atoms with Crippen LogP contribution in [0.25, 0.3) is 21.1 Å². The van der Waals surface area contributed by atoms with Crippen LogP contribution in [0, 0.1) is 5.82 Å². The number of thiophene rings is 2. The molecule has 0 atom stereocenters. The highest BCUT2D eigenvalue weighted by atomic mass is 32.2. The molecule has 1 aromatic carbocycles. The first-order valence-corrected chi connectivity index (χ1v) is 10.8. The van der Waals surface area contributed by atoms with Crippen LogP contribution in [0.1, 0.15) is 0 Å². The molecule has 0 saturated carbocycles. The molecule has 0 bridgehead atoms. The molecule has 0 unspecified atom stereocenters. The average Bonchev–Trinajstić information content (AvgIpc) is 3.41. The largest absolute Gasteiger partial charge is 0.332 e. The highest BCUT2D eigenvalue weighted by Gasteiger charge is 2.17. The van der Waals surface area contributed by atoms with Crippen molar-refractivity contribution in [3.8, 4) is 21.1 Å². The number of aromatic amines is 1. The number of imidazole rings is 1. The van der Waals surface area contributed by atoms with E-state index in [4.69, 9.17) is 0 Å². The lowest BCUT2D eigenvalue weighted by Crippen LogP contribution is -2.15. The Balaban J connectivity index is 1.50. The van der Waals surface area contributed by atoms with Gasteiger partial charge in [0.25, 0.3) is 0 Å². The molecule has 4 rings (SSSR count). The van der Waals surface area contributed by atoms with E-state index >= 15 is 0 Å². The third kappa shape index (κ3) is 4.13. The van der Waals surface area contributed by atoms with E-state index in [1.807, 2.05) is 35.0 Å². The zero-order valence-electron chi connectivity index (χ0n) is 13.9. The molecule has 0 fully saturated rings. The SMILES string of the molecule is O=C(CSc1nc(-c2cccs2)c(-c2cccs2)[nH]1)Nc1ccccc1F. The summed E-state index contributed by atoms with van der Waals surface area (Å²) in [5.74, 6) is -0.596. The molecule has 8 heteroatoms. The predicted octanol–water partition coefficient (Wildman–Crippen LogP) is 5.74. The average molecular weight is 416 g/mol. The molecule has 2 N–H and O–H groups in total. The van der Waals surface area contributed by atoms with Crippen molar-refractivity contribution >= 4 is 46.0 Å². The number of carbonyl (C=O) groups is 1. The molecule has 4 nitrogen and oxygen atoms in total. The Bertz CT molecular complexity index is 991. The smallest absolute Gasteiger partial charge is 0.234 e. The molecular weight excluding hydrogens is 401 g/mol. The number of H-pyrrole nitrogens is 1. The third-order valence-electron chi connectivity index (χ3n) is 3.69. The van der Waals surface area contributed by atoms with Gasteiger partial charge in [-0.3, -0.25) is 4.79 Å². The highest BCUT2D eigenvalue weighted by molar-refractivity contribution is 7.99.